The maximum Gasteiger partial charge on any atom is 0.262 e. The minimum atomic E-state index is -4.05. The largest absolute Gasteiger partial charge is 0.349 e. The Kier molecular flexibility index (Phi) is 4.17. The van der Waals surface area contributed by atoms with Crippen molar-refractivity contribution in [2.75, 3.05) is 0 Å². The van der Waals surface area contributed by atoms with E-state index in [0.29, 0.717) is 0 Å². The molecule has 0 heterocycles. The molecule has 104 valence electrons. The summed E-state index contributed by atoms with van der Waals surface area (Å²) in [4.78, 5) is 11.5. The van der Waals surface area contributed by atoms with Crippen molar-refractivity contribution >= 4 is 41.6 Å². The molecule has 0 aliphatic heterocycles. The van der Waals surface area contributed by atoms with Gasteiger partial charge in [0.1, 0.15) is 5.82 Å². The molecular weight excluding hydrogens is 361 g/mol. The topological polar surface area (TPSA) is 63.2 Å². The van der Waals surface area contributed by atoms with Gasteiger partial charge >= 0.3 is 0 Å². The molecule has 0 atom stereocenters. The summed E-state index contributed by atoms with van der Waals surface area (Å²) in [5.74, 6) is -1.43. The maximum absolute atomic E-state index is 13.7. The van der Waals surface area contributed by atoms with E-state index in [4.69, 9.17) is 10.7 Å². The van der Waals surface area contributed by atoms with Crippen molar-refractivity contribution < 1.29 is 17.6 Å². The van der Waals surface area contributed by atoms with Gasteiger partial charge in [-0.3, -0.25) is 4.79 Å². The molecule has 1 aromatic rings. The number of benzene rings is 1. The first kappa shape index (κ1) is 14.7. The fourth-order valence-corrected chi connectivity index (χ4v) is 3.87. The Morgan fingerprint density at radius 1 is 1.42 bits per heavy atom. The average Bonchev–Trinajstić information content (AvgIpc) is 2.21. The summed E-state index contributed by atoms with van der Waals surface area (Å²) in [6.07, 6.45) is 2.73. The van der Waals surface area contributed by atoms with Crippen molar-refractivity contribution in [3.8, 4) is 0 Å². The van der Waals surface area contributed by atoms with Crippen LogP contribution in [0.2, 0.25) is 0 Å². The van der Waals surface area contributed by atoms with Gasteiger partial charge in [0.2, 0.25) is 0 Å². The summed E-state index contributed by atoms with van der Waals surface area (Å²) < 4.78 is 36.3. The molecule has 1 N–H and O–H groups in total. The molecule has 0 unspecified atom stereocenters. The van der Waals surface area contributed by atoms with E-state index >= 15 is 0 Å². The highest BCUT2D eigenvalue weighted by molar-refractivity contribution is 9.10. The SMILES string of the molecule is O=C(NC1CCC1)c1cc(S(=O)(=O)Cl)c(Br)cc1F. The van der Waals surface area contributed by atoms with E-state index in [9.17, 15) is 17.6 Å². The molecule has 1 amide bonds. The third-order valence-electron chi connectivity index (χ3n) is 2.97. The van der Waals surface area contributed by atoms with E-state index in [0.717, 1.165) is 31.4 Å². The van der Waals surface area contributed by atoms with E-state index in [1.54, 1.807) is 0 Å². The average molecular weight is 371 g/mol. The van der Waals surface area contributed by atoms with Gasteiger partial charge in [0.05, 0.1) is 10.5 Å². The third kappa shape index (κ3) is 3.27. The van der Waals surface area contributed by atoms with Crippen molar-refractivity contribution in [2.45, 2.75) is 30.2 Å². The van der Waals surface area contributed by atoms with E-state index in [-0.39, 0.29) is 21.0 Å². The highest BCUT2D eigenvalue weighted by Gasteiger charge is 2.24. The van der Waals surface area contributed by atoms with Crippen molar-refractivity contribution in [3.63, 3.8) is 0 Å². The van der Waals surface area contributed by atoms with Crippen LogP contribution in [0, 0.1) is 5.82 Å². The Bertz CT molecular complexity index is 631. The van der Waals surface area contributed by atoms with Crippen LogP contribution in [0.3, 0.4) is 0 Å². The predicted molar refractivity (Wildman–Crippen MR) is 72.2 cm³/mol. The lowest BCUT2D eigenvalue weighted by atomic mass is 9.93. The second kappa shape index (κ2) is 5.38. The monoisotopic (exact) mass is 369 g/mol. The van der Waals surface area contributed by atoms with Crippen LogP contribution < -0.4 is 5.32 Å². The van der Waals surface area contributed by atoms with Crippen molar-refractivity contribution in [1.82, 2.24) is 5.32 Å². The second-order valence-corrected chi connectivity index (χ2v) is 7.69. The van der Waals surface area contributed by atoms with Gasteiger partial charge < -0.3 is 5.32 Å². The number of amides is 1. The van der Waals surface area contributed by atoms with Crippen LogP contribution in [0.1, 0.15) is 29.6 Å². The van der Waals surface area contributed by atoms with E-state index in [2.05, 4.69) is 21.2 Å². The molecule has 4 nitrogen and oxygen atoms in total. The van der Waals surface area contributed by atoms with Crippen molar-refractivity contribution in [2.24, 2.45) is 0 Å². The minimum Gasteiger partial charge on any atom is -0.349 e. The van der Waals surface area contributed by atoms with Gasteiger partial charge in [-0.05, 0) is 47.3 Å². The highest BCUT2D eigenvalue weighted by atomic mass is 79.9. The number of hydrogen-bond acceptors (Lipinski definition) is 3. The second-order valence-electron chi connectivity index (χ2n) is 4.30. The normalized spacial score (nSPS) is 15.9. The van der Waals surface area contributed by atoms with E-state index in [1.807, 2.05) is 0 Å². The molecule has 0 spiro atoms. The van der Waals surface area contributed by atoms with Crippen molar-refractivity contribution in [3.05, 3.63) is 28.0 Å². The molecule has 1 aliphatic rings. The number of hydrogen-bond donors (Lipinski definition) is 1. The standard InChI is InChI=1S/C11H10BrClFNO3S/c12-8-5-9(14)7(4-10(8)19(13,17)18)11(16)15-6-2-1-3-6/h4-6H,1-3H2,(H,15,16). The first-order valence-electron chi connectivity index (χ1n) is 5.53. The number of rotatable bonds is 3. The maximum atomic E-state index is 13.7. The zero-order chi connectivity index (χ0) is 14.2. The Balaban J connectivity index is 2.36. The lowest BCUT2D eigenvalue weighted by molar-refractivity contribution is 0.0912. The molecule has 1 fully saturated rings. The zero-order valence-electron chi connectivity index (χ0n) is 9.62. The minimum absolute atomic E-state index is 0.0137. The van der Waals surface area contributed by atoms with Crippen LogP contribution in [0.15, 0.2) is 21.5 Å². The number of carbonyl (C=O) groups is 1. The van der Waals surface area contributed by atoms with Crippen LogP contribution in [0.25, 0.3) is 0 Å². The molecule has 8 heteroatoms. The Labute approximate surface area is 122 Å². The van der Waals surface area contributed by atoms with Crippen LogP contribution >= 0.6 is 26.6 Å². The van der Waals surface area contributed by atoms with Gasteiger partial charge in [0, 0.05) is 21.2 Å². The van der Waals surface area contributed by atoms with Gasteiger partial charge in [-0.25, -0.2) is 12.8 Å². The third-order valence-corrected chi connectivity index (χ3v) is 5.25. The quantitative estimate of drug-likeness (QED) is 0.832. The zero-order valence-corrected chi connectivity index (χ0v) is 12.8. The summed E-state index contributed by atoms with van der Waals surface area (Å²) >= 11 is 2.91. The van der Waals surface area contributed by atoms with Crippen LogP contribution in [0.4, 0.5) is 4.39 Å². The molecule has 0 aromatic heterocycles. The van der Waals surface area contributed by atoms with Gasteiger partial charge in [-0.2, -0.15) is 0 Å². The Morgan fingerprint density at radius 2 is 2.05 bits per heavy atom. The summed E-state index contributed by atoms with van der Waals surface area (Å²) in [7, 11) is 1.18. The fraction of sp³-hybridized carbons (Fsp3) is 0.364. The van der Waals surface area contributed by atoms with Gasteiger partial charge in [0.15, 0.2) is 0 Å². The molecule has 19 heavy (non-hydrogen) atoms. The van der Waals surface area contributed by atoms with Gasteiger partial charge in [-0.15, -0.1) is 0 Å². The lowest BCUT2D eigenvalue weighted by Crippen LogP contribution is -2.39. The molecule has 2 rings (SSSR count). The molecule has 1 aromatic carbocycles. The number of halogens is 3. The number of nitrogens with one attached hydrogen (secondary N) is 1. The molecule has 1 aliphatic carbocycles. The summed E-state index contributed by atoms with van der Waals surface area (Å²) in [6.45, 7) is 0. The van der Waals surface area contributed by atoms with Crippen LogP contribution in [-0.4, -0.2) is 20.4 Å². The molecule has 0 bridgehead atoms. The summed E-state index contributed by atoms with van der Waals surface area (Å²) in [5.41, 5.74) is -0.325. The van der Waals surface area contributed by atoms with Crippen LogP contribution in [0.5, 0.6) is 0 Å². The fourth-order valence-electron chi connectivity index (χ4n) is 1.71. The highest BCUT2D eigenvalue weighted by Crippen LogP contribution is 2.28. The lowest BCUT2D eigenvalue weighted by Gasteiger charge is -2.26. The summed E-state index contributed by atoms with van der Waals surface area (Å²) in [5, 5.41) is 2.64. The van der Waals surface area contributed by atoms with Gasteiger partial charge in [0.25, 0.3) is 15.0 Å². The molecule has 1 saturated carbocycles. The first-order chi connectivity index (χ1) is 8.79. The first-order valence-corrected chi connectivity index (χ1v) is 8.64. The molecule has 0 saturated heterocycles. The smallest absolute Gasteiger partial charge is 0.262 e. The van der Waals surface area contributed by atoms with E-state index in [1.165, 1.54) is 0 Å². The van der Waals surface area contributed by atoms with Crippen molar-refractivity contribution in [1.29, 1.82) is 0 Å². The Morgan fingerprint density at radius 3 is 2.53 bits per heavy atom. The van der Waals surface area contributed by atoms with Gasteiger partial charge in [-0.1, -0.05) is 0 Å². The van der Waals surface area contributed by atoms with Crippen LogP contribution in [-0.2, 0) is 9.05 Å². The summed E-state index contributed by atoms with van der Waals surface area (Å²) in [6, 6.07) is 1.90. The van der Waals surface area contributed by atoms with E-state index < -0.39 is 20.8 Å². The Hall–Kier alpha value is -0.660. The molecular formula is C11H10BrClFNO3S. The predicted octanol–water partition coefficient (Wildman–Crippen LogP) is 2.80. The molecule has 0 radical (unpaired) electrons. The number of carbonyl (C=O) groups excluding carboxylic acids is 1.